The van der Waals surface area contributed by atoms with Crippen LogP contribution in [0.4, 0.5) is 13.2 Å². The second-order valence-electron chi connectivity index (χ2n) is 7.14. The Labute approximate surface area is 186 Å². The number of halogens is 3. The average molecular weight is 485 g/mol. The van der Waals surface area contributed by atoms with Gasteiger partial charge in [-0.05, 0) is 59.7 Å². The third kappa shape index (κ3) is 4.94. The Hall–Kier alpha value is -2.51. The van der Waals surface area contributed by atoms with Crippen LogP contribution in [0.5, 0.6) is 0 Å². The van der Waals surface area contributed by atoms with Gasteiger partial charge in [0.05, 0.1) is 22.0 Å². The summed E-state index contributed by atoms with van der Waals surface area (Å²) >= 11 is 1.29. The Morgan fingerprint density at radius 1 is 1.00 bits per heavy atom. The van der Waals surface area contributed by atoms with E-state index >= 15 is 0 Å². The number of alkyl halides is 3. The van der Waals surface area contributed by atoms with E-state index in [1.807, 2.05) is 0 Å². The lowest BCUT2D eigenvalue weighted by Crippen LogP contribution is -2.35. The minimum Gasteiger partial charge on any atom is -0.249 e. The summed E-state index contributed by atoms with van der Waals surface area (Å²) in [7, 11) is -3.55. The zero-order chi connectivity index (χ0) is 22.8. The normalized spacial score (nSPS) is 15.7. The smallest absolute Gasteiger partial charge is 0.249 e. The number of benzene rings is 1. The van der Waals surface area contributed by atoms with Crippen LogP contribution in [0.25, 0.3) is 5.69 Å². The van der Waals surface area contributed by atoms with Gasteiger partial charge in [0, 0.05) is 19.3 Å². The highest BCUT2D eigenvalue weighted by atomic mass is 32.2. The first kappa shape index (κ1) is 22.7. The average Bonchev–Trinajstić information content (AvgIpc) is 3.27. The molecule has 0 amide bonds. The number of nitrogens with zero attached hydrogens (tertiary/aromatic N) is 6. The van der Waals surface area contributed by atoms with Crippen LogP contribution in [-0.2, 0) is 22.0 Å². The third-order valence-corrected chi connectivity index (χ3v) is 7.81. The van der Waals surface area contributed by atoms with Crippen molar-refractivity contribution in [2.75, 3.05) is 13.1 Å². The fourth-order valence-electron chi connectivity index (χ4n) is 3.29. The topological polar surface area (TPSA) is 93.9 Å². The summed E-state index contributed by atoms with van der Waals surface area (Å²) in [5.41, 5.74) is -0.358. The van der Waals surface area contributed by atoms with Crippen molar-refractivity contribution in [2.45, 2.75) is 41.1 Å². The van der Waals surface area contributed by atoms with E-state index < -0.39 is 21.8 Å². The Bertz CT molecular complexity index is 1160. The summed E-state index contributed by atoms with van der Waals surface area (Å²) in [4.78, 5) is 4.39. The van der Waals surface area contributed by atoms with E-state index in [-0.39, 0.29) is 4.90 Å². The fourth-order valence-corrected chi connectivity index (χ4v) is 5.50. The SMILES string of the molecule is O=S(=O)(c1ccc(SCc2nnnn2-c2ccc(C(F)(F)F)cc2)nc1)N1CCCCC1. The molecular weight excluding hydrogens is 465 g/mol. The molecule has 170 valence electrons. The molecule has 0 saturated carbocycles. The van der Waals surface area contributed by atoms with Gasteiger partial charge in [0.2, 0.25) is 10.0 Å². The van der Waals surface area contributed by atoms with Gasteiger partial charge in [0.1, 0.15) is 4.90 Å². The molecule has 0 aliphatic carbocycles. The van der Waals surface area contributed by atoms with Crippen molar-refractivity contribution >= 4 is 21.8 Å². The van der Waals surface area contributed by atoms with E-state index in [2.05, 4.69) is 20.5 Å². The van der Waals surface area contributed by atoms with E-state index in [9.17, 15) is 21.6 Å². The number of pyridine rings is 1. The maximum Gasteiger partial charge on any atom is 0.416 e. The molecule has 1 saturated heterocycles. The molecule has 1 aromatic carbocycles. The summed E-state index contributed by atoms with van der Waals surface area (Å²) in [5, 5.41) is 11.9. The Balaban J connectivity index is 1.43. The van der Waals surface area contributed by atoms with Crippen molar-refractivity contribution in [3.05, 3.63) is 54.0 Å². The fraction of sp³-hybridized carbons (Fsp3) is 0.368. The van der Waals surface area contributed by atoms with Gasteiger partial charge in [-0.15, -0.1) is 5.10 Å². The first-order valence-corrected chi connectivity index (χ1v) is 12.2. The molecule has 32 heavy (non-hydrogen) atoms. The molecule has 2 aromatic heterocycles. The lowest BCUT2D eigenvalue weighted by molar-refractivity contribution is -0.137. The summed E-state index contributed by atoms with van der Waals surface area (Å²) in [6.45, 7) is 1.04. The Morgan fingerprint density at radius 3 is 2.34 bits per heavy atom. The molecule has 0 radical (unpaired) electrons. The zero-order valence-corrected chi connectivity index (χ0v) is 18.4. The number of hydrogen-bond acceptors (Lipinski definition) is 7. The van der Waals surface area contributed by atoms with Crippen molar-refractivity contribution in [1.29, 1.82) is 0 Å². The molecular formula is C19H19F3N6O2S2. The third-order valence-electron chi connectivity index (χ3n) is 4.98. The molecule has 0 N–H and O–H groups in total. The van der Waals surface area contributed by atoms with Gasteiger partial charge >= 0.3 is 6.18 Å². The lowest BCUT2D eigenvalue weighted by Gasteiger charge is -2.25. The lowest BCUT2D eigenvalue weighted by atomic mass is 10.2. The molecule has 0 spiro atoms. The van der Waals surface area contributed by atoms with E-state index in [4.69, 9.17) is 0 Å². The second kappa shape index (κ2) is 9.16. The molecule has 8 nitrogen and oxygen atoms in total. The molecule has 1 fully saturated rings. The first-order chi connectivity index (χ1) is 15.2. The standard InChI is InChI=1S/C19H19F3N6O2S2/c20-19(21,22)14-4-6-15(7-5-14)28-17(24-25-26-28)13-31-18-9-8-16(12-23-18)32(29,30)27-10-2-1-3-11-27/h4-9,12H,1-3,10-11,13H2. The number of tetrazole rings is 1. The molecule has 0 bridgehead atoms. The van der Waals surface area contributed by atoms with Crippen LogP contribution in [0.1, 0.15) is 30.7 Å². The minimum absolute atomic E-state index is 0.151. The van der Waals surface area contributed by atoms with E-state index in [1.54, 1.807) is 6.07 Å². The molecule has 3 heterocycles. The molecule has 0 unspecified atom stereocenters. The monoisotopic (exact) mass is 484 g/mol. The molecule has 13 heteroatoms. The molecule has 0 atom stereocenters. The Morgan fingerprint density at radius 2 is 1.72 bits per heavy atom. The van der Waals surface area contributed by atoms with Crippen LogP contribution >= 0.6 is 11.8 Å². The predicted molar refractivity (Wildman–Crippen MR) is 111 cm³/mol. The zero-order valence-electron chi connectivity index (χ0n) is 16.7. The van der Waals surface area contributed by atoms with Gasteiger partial charge in [-0.25, -0.2) is 13.4 Å². The van der Waals surface area contributed by atoms with Crippen LogP contribution < -0.4 is 0 Å². The van der Waals surface area contributed by atoms with Gasteiger partial charge in [-0.2, -0.15) is 22.2 Å². The van der Waals surface area contributed by atoms with Crippen LogP contribution in [-0.4, -0.2) is 51.0 Å². The van der Waals surface area contributed by atoms with E-state index in [0.717, 1.165) is 31.4 Å². The first-order valence-electron chi connectivity index (χ1n) is 9.79. The summed E-state index contributed by atoms with van der Waals surface area (Å²) in [6, 6.07) is 7.68. The van der Waals surface area contributed by atoms with Crippen LogP contribution in [0, 0.1) is 0 Å². The van der Waals surface area contributed by atoms with Crippen LogP contribution in [0.15, 0.2) is 52.5 Å². The van der Waals surface area contributed by atoms with Crippen molar-refractivity contribution in [1.82, 2.24) is 29.5 Å². The summed E-state index contributed by atoms with van der Waals surface area (Å²) in [6.07, 6.45) is -0.337. The maximum atomic E-state index is 12.8. The minimum atomic E-state index is -4.42. The van der Waals surface area contributed by atoms with Gasteiger partial charge in [-0.3, -0.25) is 0 Å². The predicted octanol–water partition coefficient (Wildman–Crippen LogP) is 3.54. The quantitative estimate of drug-likeness (QED) is 0.494. The number of aromatic nitrogens is 5. The van der Waals surface area contributed by atoms with Gasteiger partial charge < -0.3 is 0 Å². The van der Waals surface area contributed by atoms with Crippen molar-refractivity contribution in [3.8, 4) is 5.69 Å². The molecule has 4 rings (SSSR count). The summed E-state index contributed by atoms with van der Waals surface area (Å²) in [5.74, 6) is 0.709. The largest absolute Gasteiger partial charge is 0.416 e. The van der Waals surface area contributed by atoms with E-state index in [1.165, 1.54) is 45.1 Å². The molecule has 3 aromatic rings. The van der Waals surface area contributed by atoms with Crippen molar-refractivity contribution < 1.29 is 21.6 Å². The maximum absolute atomic E-state index is 12.8. The number of thioether (sulfide) groups is 1. The second-order valence-corrected chi connectivity index (χ2v) is 10.1. The summed E-state index contributed by atoms with van der Waals surface area (Å²) < 4.78 is 66.5. The number of rotatable bonds is 6. The highest BCUT2D eigenvalue weighted by molar-refractivity contribution is 7.98. The van der Waals surface area contributed by atoms with E-state index in [0.29, 0.717) is 35.4 Å². The van der Waals surface area contributed by atoms with Crippen LogP contribution in [0.2, 0.25) is 0 Å². The molecule has 1 aliphatic rings. The highest BCUT2D eigenvalue weighted by Gasteiger charge is 2.30. The van der Waals surface area contributed by atoms with Gasteiger partial charge in [0.25, 0.3) is 0 Å². The number of sulfonamides is 1. The number of hydrogen-bond donors (Lipinski definition) is 0. The van der Waals surface area contributed by atoms with Crippen LogP contribution in [0.3, 0.4) is 0 Å². The Kier molecular flexibility index (Phi) is 6.49. The van der Waals surface area contributed by atoms with Crippen molar-refractivity contribution in [3.63, 3.8) is 0 Å². The van der Waals surface area contributed by atoms with Gasteiger partial charge in [-0.1, -0.05) is 18.2 Å². The van der Waals surface area contributed by atoms with Gasteiger partial charge in [0.15, 0.2) is 5.82 Å². The number of piperidine rings is 1. The highest BCUT2D eigenvalue weighted by Crippen LogP contribution is 2.30. The molecule has 1 aliphatic heterocycles. The van der Waals surface area contributed by atoms with Crippen molar-refractivity contribution in [2.24, 2.45) is 0 Å².